The van der Waals surface area contributed by atoms with Crippen LogP contribution in [-0.4, -0.2) is 12.0 Å². The molecule has 1 heterocycles. The molecule has 0 aliphatic heterocycles. The van der Waals surface area contributed by atoms with Gasteiger partial charge in [0, 0.05) is 21.8 Å². The van der Waals surface area contributed by atoms with Gasteiger partial charge in [0.15, 0.2) is 0 Å². The fourth-order valence-electron chi connectivity index (χ4n) is 1.83. The maximum atomic E-state index is 5.86. The number of halogens is 1. The van der Waals surface area contributed by atoms with Crippen LogP contribution in [0, 0.1) is 0 Å². The third kappa shape index (κ3) is 4.53. The number of benzene rings is 1. The SMILES string of the molecule is CNCc1cc(OCc2nc(C(C)(C)C)cs2)ccc1Br. The van der Waals surface area contributed by atoms with Gasteiger partial charge in [-0.25, -0.2) is 4.98 Å². The second-order valence-corrected chi connectivity index (χ2v) is 7.75. The Kier molecular flexibility index (Phi) is 5.41. The number of nitrogens with one attached hydrogen (secondary N) is 1. The molecule has 0 radical (unpaired) electrons. The predicted molar refractivity (Wildman–Crippen MR) is 92.1 cm³/mol. The molecule has 0 fully saturated rings. The smallest absolute Gasteiger partial charge is 0.140 e. The fraction of sp³-hybridized carbons (Fsp3) is 0.438. The topological polar surface area (TPSA) is 34.1 Å². The molecule has 0 unspecified atom stereocenters. The van der Waals surface area contributed by atoms with Crippen LogP contribution in [0.3, 0.4) is 0 Å². The van der Waals surface area contributed by atoms with Crippen molar-refractivity contribution in [3.63, 3.8) is 0 Å². The summed E-state index contributed by atoms with van der Waals surface area (Å²) in [6, 6.07) is 6.05. The summed E-state index contributed by atoms with van der Waals surface area (Å²) >= 11 is 5.20. The molecule has 114 valence electrons. The second kappa shape index (κ2) is 6.90. The summed E-state index contributed by atoms with van der Waals surface area (Å²) in [6.07, 6.45) is 0. The van der Waals surface area contributed by atoms with Gasteiger partial charge in [-0.3, -0.25) is 0 Å². The van der Waals surface area contributed by atoms with E-state index in [-0.39, 0.29) is 5.41 Å². The summed E-state index contributed by atoms with van der Waals surface area (Å²) in [4.78, 5) is 4.64. The van der Waals surface area contributed by atoms with Gasteiger partial charge in [0.1, 0.15) is 17.4 Å². The number of hydrogen-bond donors (Lipinski definition) is 1. The lowest BCUT2D eigenvalue weighted by Gasteiger charge is -2.14. The van der Waals surface area contributed by atoms with E-state index in [0.717, 1.165) is 27.5 Å². The molecule has 0 spiro atoms. The Morgan fingerprint density at radius 1 is 1.33 bits per heavy atom. The van der Waals surface area contributed by atoms with E-state index < -0.39 is 0 Å². The highest BCUT2D eigenvalue weighted by atomic mass is 79.9. The molecule has 3 nitrogen and oxygen atoms in total. The molecule has 21 heavy (non-hydrogen) atoms. The Balaban J connectivity index is 2.03. The number of rotatable bonds is 5. The van der Waals surface area contributed by atoms with E-state index in [0.29, 0.717) is 6.61 Å². The van der Waals surface area contributed by atoms with Crippen molar-refractivity contribution in [2.45, 2.75) is 39.3 Å². The maximum absolute atomic E-state index is 5.86. The highest BCUT2D eigenvalue weighted by Gasteiger charge is 2.17. The fourth-order valence-corrected chi connectivity index (χ4v) is 3.15. The lowest BCUT2D eigenvalue weighted by atomic mass is 9.93. The zero-order chi connectivity index (χ0) is 15.5. The molecular formula is C16H21BrN2OS. The second-order valence-electron chi connectivity index (χ2n) is 5.95. The minimum absolute atomic E-state index is 0.0896. The van der Waals surface area contributed by atoms with Crippen LogP contribution in [0.4, 0.5) is 0 Å². The van der Waals surface area contributed by atoms with Gasteiger partial charge >= 0.3 is 0 Å². The minimum atomic E-state index is 0.0896. The van der Waals surface area contributed by atoms with Gasteiger partial charge in [-0.05, 0) is 30.8 Å². The monoisotopic (exact) mass is 368 g/mol. The quantitative estimate of drug-likeness (QED) is 0.843. The first-order valence-electron chi connectivity index (χ1n) is 6.91. The van der Waals surface area contributed by atoms with Gasteiger partial charge in [0.2, 0.25) is 0 Å². The molecule has 5 heteroatoms. The molecule has 0 aliphatic carbocycles. The number of aromatic nitrogens is 1. The van der Waals surface area contributed by atoms with Crippen molar-refractivity contribution in [3.8, 4) is 5.75 Å². The van der Waals surface area contributed by atoms with Crippen molar-refractivity contribution in [3.05, 3.63) is 44.3 Å². The van der Waals surface area contributed by atoms with Crippen molar-refractivity contribution in [2.75, 3.05) is 7.05 Å². The summed E-state index contributed by atoms with van der Waals surface area (Å²) in [5.41, 5.74) is 2.40. The molecule has 0 saturated heterocycles. The van der Waals surface area contributed by atoms with Gasteiger partial charge in [-0.15, -0.1) is 11.3 Å². The number of thiazole rings is 1. The lowest BCUT2D eigenvalue weighted by molar-refractivity contribution is 0.304. The molecule has 0 aliphatic rings. The van der Waals surface area contributed by atoms with E-state index in [1.807, 2.05) is 19.2 Å². The molecule has 1 aromatic heterocycles. The summed E-state index contributed by atoms with van der Waals surface area (Å²) in [5.74, 6) is 0.871. The van der Waals surface area contributed by atoms with E-state index in [2.05, 4.69) is 58.4 Å². The van der Waals surface area contributed by atoms with Gasteiger partial charge in [-0.1, -0.05) is 36.7 Å². The van der Waals surface area contributed by atoms with Gasteiger partial charge in [-0.2, -0.15) is 0 Å². The van der Waals surface area contributed by atoms with Crippen molar-refractivity contribution < 1.29 is 4.74 Å². The van der Waals surface area contributed by atoms with Crippen LogP contribution in [0.15, 0.2) is 28.1 Å². The Hall–Kier alpha value is -0.910. The van der Waals surface area contributed by atoms with Crippen LogP contribution in [0.1, 0.15) is 37.0 Å². The minimum Gasteiger partial charge on any atom is -0.486 e. The Bertz CT molecular complexity index is 605. The third-order valence-electron chi connectivity index (χ3n) is 3.07. The molecule has 2 aromatic rings. The molecule has 0 amide bonds. The van der Waals surface area contributed by atoms with E-state index in [4.69, 9.17) is 4.74 Å². The summed E-state index contributed by atoms with van der Waals surface area (Å²) in [6.45, 7) is 7.84. The third-order valence-corrected chi connectivity index (χ3v) is 4.66. The number of ether oxygens (including phenoxy) is 1. The molecule has 1 aromatic carbocycles. The summed E-state index contributed by atoms with van der Waals surface area (Å²) in [7, 11) is 1.93. The van der Waals surface area contributed by atoms with Gasteiger partial charge < -0.3 is 10.1 Å². The van der Waals surface area contributed by atoms with E-state index >= 15 is 0 Å². The molecule has 2 rings (SSSR count). The van der Waals surface area contributed by atoms with Crippen molar-refractivity contribution in [2.24, 2.45) is 0 Å². The predicted octanol–water partition coefficient (Wildman–Crippen LogP) is 4.50. The molecule has 0 atom stereocenters. The normalized spacial score (nSPS) is 11.7. The Morgan fingerprint density at radius 2 is 2.10 bits per heavy atom. The van der Waals surface area contributed by atoms with Crippen LogP contribution in [0.25, 0.3) is 0 Å². The maximum Gasteiger partial charge on any atom is 0.140 e. The van der Waals surface area contributed by atoms with Gasteiger partial charge in [0.25, 0.3) is 0 Å². The van der Waals surface area contributed by atoms with Crippen LogP contribution >= 0.6 is 27.3 Å². The average molecular weight is 369 g/mol. The number of hydrogen-bond acceptors (Lipinski definition) is 4. The standard InChI is InChI=1S/C16H21BrN2OS/c1-16(2,3)14-10-21-15(19-14)9-20-12-5-6-13(17)11(7-12)8-18-4/h5-7,10,18H,8-9H2,1-4H3. The van der Waals surface area contributed by atoms with Crippen molar-refractivity contribution >= 4 is 27.3 Å². The highest BCUT2D eigenvalue weighted by Crippen LogP contribution is 2.26. The van der Waals surface area contributed by atoms with Crippen LogP contribution < -0.4 is 10.1 Å². The zero-order valence-corrected chi connectivity index (χ0v) is 15.3. The summed E-state index contributed by atoms with van der Waals surface area (Å²) < 4.78 is 6.95. The molecule has 0 bridgehead atoms. The zero-order valence-electron chi connectivity index (χ0n) is 12.9. The van der Waals surface area contributed by atoms with Crippen LogP contribution in [0.2, 0.25) is 0 Å². The summed E-state index contributed by atoms with van der Waals surface area (Å²) in [5, 5.41) is 6.28. The first-order chi connectivity index (χ1) is 9.90. The van der Waals surface area contributed by atoms with E-state index in [9.17, 15) is 0 Å². The van der Waals surface area contributed by atoms with E-state index in [1.54, 1.807) is 11.3 Å². The molecular weight excluding hydrogens is 348 g/mol. The van der Waals surface area contributed by atoms with Crippen molar-refractivity contribution in [1.29, 1.82) is 0 Å². The average Bonchev–Trinajstić information content (AvgIpc) is 2.89. The van der Waals surface area contributed by atoms with Crippen molar-refractivity contribution in [1.82, 2.24) is 10.3 Å². The Labute approximate surface area is 138 Å². The molecule has 0 saturated carbocycles. The first-order valence-corrected chi connectivity index (χ1v) is 8.58. The highest BCUT2D eigenvalue weighted by molar-refractivity contribution is 9.10. The number of nitrogens with zero attached hydrogens (tertiary/aromatic N) is 1. The molecule has 1 N–H and O–H groups in total. The Morgan fingerprint density at radius 3 is 2.71 bits per heavy atom. The van der Waals surface area contributed by atoms with Crippen LogP contribution in [0.5, 0.6) is 5.75 Å². The largest absolute Gasteiger partial charge is 0.486 e. The lowest BCUT2D eigenvalue weighted by Crippen LogP contribution is -2.11. The van der Waals surface area contributed by atoms with Gasteiger partial charge in [0.05, 0.1) is 5.69 Å². The van der Waals surface area contributed by atoms with E-state index in [1.165, 1.54) is 5.56 Å². The van der Waals surface area contributed by atoms with Crippen LogP contribution in [-0.2, 0) is 18.6 Å². The first kappa shape index (κ1) is 16.5.